The van der Waals surface area contributed by atoms with Crippen LogP contribution in [0.3, 0.4) is 0 Å². The summed E-state index contributed by atoms with van der Waals surface area (Å²) in [4.78, 5) is 38.2. The van der Waals surface area contributed by atoms with Gasteiger partial charge >= 0.3 is 11.9 Å². The number of anilines is 1. The number of aliphatic carboxylic acids is 1. The molecule has 1 aromatic carbocycles. The Balaban J connectivity index is 2.10. The van der Waals surface area contributed by atoms with Crippen molar-refractivity contribution in [2.45, 2.75) is 57.5 Å². The van der Waals surface area contributed by atoms with Crippen molar-refractivity contribution in [3.63, 3.8) is 0 Å². The minimum Gasteiger partial charge on any atom is -0.489 e. The van der Waals surface area contributed by atoms with Crippen LogP contribution in [-0.4, -0.2) is 61.3 Å². The van der Waals surface area contributed by atoms with E-state index < -0.39 is 36.5 Å². The van der Waals surface area contributed by atoms with E-state index in [1.807, 2.05) is 0 Å². The molecule has 4 N–H and O–H groups in total. The average molecular weight is 436 g/mol. The highest BCUT2D eigenvalue weighted by atomic mass is 16.5. The van der Waals surface area contributed by atoms with E-state index in [9.17, 15) is 19.5 Å². The Bertz CT molecular complexity index is 742. The Morgan fingerprint density at radius 1 is 1.26 bits per heavy atom. The van der Waals surface area contributed by atoms with E-state index in [-0.39, 0.29) is 13.2 Å². The fourth-order valence-corrected chi connectivity index (χ4v) is 3.55. The molecule has 0 radical (unpaired) electrons. The smallest absolute Gasteiger partial charge is 0.323 e. The number of fused-ring (bicyclic) bond motifs is 1. The van der Waals surface area contributed by atoms with Crippen molar-refractivity contribution < 1.29 is 29.0 Å². The van der Waals surface area contributed by atoms with Crippen molar-refractivity contribution in [3.05, 3.63) is 24.3 Å². The predicted octanol–water partition coefficient (Wildman–Crippen LogP) is 1.69. The van der Waals surface area contributed by atoms with Gasteiger partial charge in [0.1, 0.15) is 31.0 Å². The molecule has 0 saturated carbocycles. The zero-order valence-corrected chi connectivity index (χ0v) is 18.0. The highest BCUT2D eigenvalue weighted by molar-refractivity contribution is 6.02. The summed E-state index contributed by atoms with van der Waals surface area (Å²) in [6.07, 6.45) is 5.31. The third-order valence-electron chi connectivity index (χ3n) is 5.09. The van der Waals surface area contributed by atoms with E-state index in [2.05, 4.69) is 5.32 Å². The summed E-state index contributed by atoms with van der Waals surface area (Å²) in [5.74, 6) is -1.59. The molecule has 2 atom stereocenters. The maximum atomic E-state index is 13.2. The van der Waals surface area contributed by atoms with Gasteiger partial charge in [-0.1, -0.05) is 37.8 Å². The van der Waals surface area contributed by atoms with Crippen LogP contribution in [0.1, 0.15) is 45.4 Å². The van der Waals surface area contributed by atoms with Gasteiger partial charge in [-0.15, -0.1) is 0 Å². The molecule has 0 aliphatic carbocycles. The van der Waals surface area contributed by atoms with Crippen LogP contribution in [0.5, 0.6) is 5.75 Å². The summed E-state index contributed by atoms with van der Waals surface area (Å²) < 4.78 is 11.0. The lowest BCUT2D eigenvalue weighted by molar-refractivity contribution is -0.146. The predicted molar refractivity (Wildman–Crippen MR) is 116 cm³/mol. The van der Waals surface area contributed by atoms with E-state index >= 15 is 0 Å². The van der Waals surface area contributed by atoms with Crippen molar-refractivity contribution >= 4 is 23.5 Å². The van der Waals surface area contributed by atoms with Gasteiger partial charge in [-0.3, -0.25) is 24.6 Å². The van der Waals surface area contributed by atoms with E-state index in [4.69, 9.17) is 15.2 Å². The minimum atomic E-state index is -1.14. The summed E-state index contributed by atoms with van der Waals surface area (Å²) in [5.41, 5.74) is 5.91. The third kappa shape index (κ3) is 7.52. The van der Waals surface area contributed by atoms with Crippen molar-refractivity contribution in [1.29, 1.82) is 0 Å². The van der Waals surface area contributed by atoms with E-state index in [1.54, 1.807) is 31.2 Å². The number of carboxylic acid groups (broad SMARTS) is 1. The van der Waals surface area contributed by atoms with Crippen LogP contribution < -0.4 is 20.7 Å². The number of benzene rings is 1. The molecule has 31 heavy (non-hydrogen) atoms. The van der Waals surface area contributed by atoms with Crippen molar-refractivity contribution in [1.82, 2.24) is 5.32 Å². The number of carboxylic acids is 1. The number of rotatable bonds is 13. The fraction of sp³-hybridized carbons (Fsp3) is 0.591. The van der Waals surface area contributed by atoms with Gasteiger partial charge in [0.25, 0.3) is 0 Å². The summed E-state index contributed by atoms with van der Waals surface area (Å²) in [6, 6.07) is 5.23. The van der Waals surface area contributed by atoms with Crippen molar-refractivity contribution in [2.24, 2.45) is 5.73 Å². The fourth-order valence-electron chi connectivity index (χ4n) is 3.55. The first-order valence-corrected chi connectivity index (χ1v) is 10.9. The number of unbranched alkanes of at least 4 members (excludes halogenated alkanes) is 4. The lowest BCUT2D eigenvalue weighted by atomic mass is 10.0. The quantitative estimate of drug-likeness (QED) is 0.315. The van der Waals surface area contributed by atoms with E-state index in [1.165, 1.54) is 4.90 Å². The van der Waals surface area contributed by atoms with Gasteiger partial charge in [0.15, 0.2) is 0 Å². The number of carbonyl (C=O) groups excluding carboxylic acids is 2. The number of ether oxygens (including phenoxy) is 2. The lowest BCUT2D eigenvalue weighted by Crippen LogP contribution is -2.54. The number of carbonyl (C=O) groups is 3. The van der Waals surface area contributed by atoms with Gasteiger partial charge in [-0.2, -0.15) is 0 Å². The maximum absolute atomic E-state index is 13.2. The summed E-state index contributed by atoms with van der Waals surface area (Å²) >= 11 is 0. The molecular weight excluding hydrogens is 402 g/mol. The normalized spacial score (nSPS) is 16.8. The van der Waals surface area contributed by atoms with Gasteiger partial charge < -0.3 is 20.3 Å². The van der Waals surface area contributed by atoms with Gasteiger partial charge in [-0.05, 0) is 38.4 Å². The van der Waals surface area contributed by atoms with Crippen LogP contribution in [0, 0.1) is 0 Å². The molecule has 1 heterocycles. The molecule has 9 nitrogen and oxygen atoms in total. The second-order valence-electron chi connectivity index (χ2n) is 7.47. The molecule has 0 fully saturated rings. The average Bonchev–Trinajstić information content (AvgIpc) is 2.87. The van der Waals surface area contributed by atoms with Crippen molar-refractivity contribution in [3.8, 4) is 5.75 Å². The zero-order chi connectivity index (χ0) is 22.6. The van der Waals surface area contributed by atoms with Crippen LogP contribution in [0.15, 0.2) is 24.3 Å². The number of nitrogens with one attached hydrogen (secondary N) is 1. The molecule has 172 valence electrons. The topological polar surface area (TPSA) is 131 Å². The molecule has 1 aliphatic rings. The number of para-hydroxylation sites is 2. The van der Waals surface area contributed by atoms with E-state index in [0.717, 1.165) is 32.1 Å². The van der Waals surface area contributed by atoms with Gasteiger partial charge in [-0.25, -0.2) is 0 Å². The Hall–Kier alpha value is -2.65. The van der Waals surface area contributed by atoms with Crippen molar-refractivity contribution in [2.75, 3.05) is 31.2 Å². The number of amides is 1. The first-order valence-electron chi connectivity index (χ1n) is 10.9. The molecule has 9 heteroatoms. The van der Waals surface area contributed by atoms with Crippen LogP contribution in [0.2, 0.25) is 0 Å². The maximum Gasteiger partial charge on any atom is 0.323 e. The van der Waals surface area contributed by atoms with Gasteiger partial charge in [0.2, 0.25) is 5.91 Å². The van der Waals surface area contributed by atoms with E-state index in [0.29, 0.717) is 24.4 Å². The molecule has 1 aromatic rings. The largest absolute Gasteiger partial charge is 0.489 e. The molecule has 0 bridgehead atoms. The molecular formula is C22H33N3O6. The lowest BCUT2D eigenvalue weighted by Gasteiger charge is -2.26. The standard InChI is InChI=1S/C22H33N3O6/c1-2-30-22(29)16(10-6-4-3-5-9-13-23)24-17-15-31-19-12-8-7-11-18(19)25(21(17)28)14-20(26)27/h7-8,11-12,16-17,24H,2-6,9-10,13-15,23H2,1H3,(H,26,27)/t16-,17?/m0/s1. The highest BCUT2D eigenvalue weighted by Gasteiger charge is 2.35. The summed E-state index contributed by atoms with van der Waals surface area (Å²) in [6.45, 7) is 2.12. The molecule has 0 aromatic heterocycles. The van der Waals surface area contributed by atoms with Crippen LogP contribution in [0.25, 0.3) is 0 Å². The van der Waals surface area contributed by atoms with Gasteiger partial charge in [0, 0.05) is 0 Å². The Kier molecular flexibility index (Phi) is 10.3. The zero-order valence-electron chi connectivity index (χ0n) is 18.0. The van der Waals surface area contributed by atoms with Crippen LogP contribution >= 0.6 is 0 Å². The number of nitrogens with two attached hydrogens (primary N) is 1. The summed E-state index contributed by atoms with van der Waals surface area (Å²) in [5, 5.41) is 12.4. The Morgan fingerprint density at radius 3 is 2.68 bits per heavy atom. The first kappa shape index (κ1) is 24.6. The number of nitrogens with zero attached hydrogens (tertiary/aromatic N) is 1. The number of hydrogen-bond acceptors (Lipinski definition) is 7. The number of esters is 1. The number of hydrogen-bond donors (Lipinski definition) is 3. The molecule has 1 aliphatic heterocycles. The molecule has 2 rings (SSSR count). The minimum absolute atomic E-state index is 0.0155. The molecule has 1 unspecified atom stereocenters. The SMILES string of the molecule is CCOC(=O)[C@H](CCCCCCCN)NC1COc2ccccc2N(CC(=O)O)C1=O. The van der Waals surface area contributed by atoms with Crippen LogP contribution in [-0.2, 0) is 19.1 Å². The molecule has 0 spiro atoms. The highest BCUT2D eigenvalue weighted by Crippen LogP contribution is 2.31. The summed E-state index contributed by atoms with van der Waals surface area (Å²) in [7, 11) is 0. The first-order chi connectivity index (χ1) is 15.0. The molecule has 1 amide bonds. The second-order valence-corrected chi connectivity index (χ2v) is 7.47. The van der Waals surface area contributed by atoms with Crippen LogP contribution in [0.4, 0.5) is 5.69 Å². The monoisotopic (exact) mass is 435 g/mol. The Morgan fingerprint density at radius 2 is 1.97 bits per heavy atom. The molecule has 0 saturated heterocycles. The second kappa shape index (κ2) is 12.9. The van der Waals surface area contributed by atoms with Gasteiger partial charge in [0.05, 0.1) is 12.3 Å². The third-order valence-corrected chi connectivity index (χ3v) is 5.09. The Labute approximate surface area is 182 Å².